The van der Waals surface area contributed by atoms with Crippen molar-refractivity contribution in [2.45, 2.75) is 6.04 Å². The van der Waals surface area contributed by atoms with Gasteiger partial charge in [0.1, 0.15) is 18.4 Å². The van der Waals surface area contributed by atoms with Gasteiger partial charge in [-0.25, -0.2) is 0 Å². The zero-order chi connectivity index (χ0) is 15.9. The zero-order valence-electron chi connectivity index (χ0n) is 12.9. The third-order valence-corrected chi connectivity index (χ3v) is 3.53. The number of rotatable bonds is 6. The molecule has 1 fully saturated rings. The molecule has 0 radical (unpaired) electrons. The normalized spacial score (nSPS) is 18.3. The number of nitrogens with one attached hydrogen (secondary N) is 2. The molecule has 1 unspecified atom stereocenters. The summed E-state index contributed by atoms with van der Waals surface area (Å²) in [5.41, 5.74) is 0.641. The molecule has 7 heteroatoms. The van der Waals surface area contributed by atoms with Crippen molar-refractivity contribution >= 4 is 23.2 Å². The fourth-order valence-electron chi connectivity index (χ4n) is 2.00. The molecule has 2 rings (SSSR count). The first-order valence-electron chi connectivity index (χ1n) is 7.25. The molecular formula is C15H22ClN3O3. The van der Waals surface area contributed by atoms with E-state index in [1.54, 1.807) is 18.2 Å². The van der Waals surface area contributed by atoms with Crippen LogP contribution < -0.4 is 15.4 Å². The molecule has 0 aromatic heterocycles. The third kappa shape index (κ3) is 5.14. The smallest absolute Gasteiger partial charge is 0.243 e. The minimum absolute atomic E-state index is 0.128. The van der Waals surface area contributed by atoms with E-state index >= 15 is 0 Å². The molecule has 0 saturated carbocycles. The average molecular weight is 328 g/mol. The molecule has 6 nitrogen and oxygen atoms in total. The van der Waals surface area contributed by atoms with Gasteiger partial charge in [-0.05, 0) is 32.3 Å². The second-order valence-corrected chi connectivity index (χ2v) is 5.78. The molecule has 2 N–H and O–H groups in total. The number of hydrogen-bond donors (Lipinski definition) is 2. The van der Waals surface area contributed by atoms with Crippen LogP contribution in [0.15, 0.2) is 18.2 Å². The van der Waals surface area contributed by atoms with E-state index in [0.29, 0.717) is 42.8 Å². The van der Waals surface area contributed by atoms with Crippen molar-refractivity contribution in [1.82, 2.24) is 10.2 Å². The molecular weight excluding hydrogens is 306 g/mol. The molecule has 1 aliphatic rings. The van der Waals surface area contributed by atoms with Crippen molar-refractivity contribution in [2.75, 3.05) is 52.3 Å². The summed E-state index contributed by atoms with van der Waals surface area (Å²) < 4.78 is 10.9. The Bertz CT molecular complexity index is 505. The van der Waals surface area contributed by atoms with Gasteiger partial charge >= 0.3 is 0 Å². The minimum Gasteiger partial charge on any atom is -0.491 e. The fourth-order valence-corrected chi connectivity index (χ4v) is 2.23. The lowest BCUT2D eigenvalue weighted by atomic mass is 10.2. The molecule has 0 aliphatic carbocycles. The van der Waals surface area contributed by atoms with Crippen LogP contribution in [0, 0.1) is 0 Å². The Hall–Kier alpha value is -1.34. The molecule has 0 spiro atoms. The zero-order valence-corrected chi connectivity index (χ0v) is 13.7. The summed E-state index contributed by atoms with van der Waals surface area (Å²) in [4.78, 5) is 14.1. The first-order valence-corrected chi connectivity index (χ1v) is 7.63. The Kier molecular flexibility index (Phi) is 6.45. The first kappa shape index (κ1) is 17.0. The summed E-state index contributed by atoms with van der Waals surface area (Å²) >= 11 is 6.18. The van der Waals surface area contributed by atoms with E-state index in [1.807, 2.05) is 19.0 Å². The quantitative estimate of drug-likeness (QED) is 0.822. The molecule has 1 saturated heterocycles. The number of hydrogen-bond acceptors (Lipinski definition) is 5. The largest absolute Gasteiger partial charge is 0.491 e. The number of morpholine rings is 1. The van der Waals surface area contributed by atoms with Gasteiger partial charge in [0.25, 0.3) is 0 Å². The number of carbonyl (C=O) groups excluding carboxylic acids is 1. The summed E-state index contributed by atoms with van der Waals surface area (Å²) in [6.45, 7) is 3.06. The van der Waals surface area contributed by atoms with Gasteiger partial charge in [-0.2, -0.15) is 0 Å². The van der Waals surface area contributed by atoms with Crippen LogP contribution in [-0.2, 0) is 9.53 Å². The Morgan fingerprint density at radius 1 is 1.55 bits per heavy atom. The van der Waals surface area contributed by atoms with Crippen LogP contribution in [0.1, 0.15) is 0 Å². The van der Waals surface area contributed by atoms with E-state index in [-0.39, 0.29) is 11.9 Å². The molecule has 1 aromatic carbocycles. The highest BCUT2D eigenvalue weighted by atomic mass is 35.5. The number of halogens is 1. The van der Waals surface area contributed by atoms with Gasteiger partial charge in [0.2, 0.25) is 5.91 Å². The Balaban J connectivity index is 1.89. The minimum atomic E-state index is -0.330. The fraction of sp³-hybridized carbons (Fsp3) is 0.533. The third-order valence-electron chi connectivity index (χ3n) is 3.23. The van der Waals surface area contributed by atoms with Crippen LogP contribution in [0.25, 0.3) is 0 Å². The highest BCUT2D eigenvalue weighted by Gasteiger charge is 2.21. The van der Waals surface area contributed by atoms with E-state index in [1.165, 1.54) is 0 Å². The van der Waals surface area contributed by atoms with Crippen molar-refractivity contribution in [2.24, 2.45) is 0 Å². The number of nitrogens with zero attached hydrogens (tertiary/aromatic N) is 1. The Labute approximate surface area is 135 Å². The number of likely N-dealkylation sites (N-methyl/N-ethyl adjacent to an activating group) is 1. The SMILES string of the molecule is CN(C)CCOc1ccc(NC(=O)C2COCCN2)cc1Cl. The van der Waals surface area contributed by atoms with Crippen LogP contribution >= 0.6 is 11.6 Å². The summed E-state index contributed by atoms with van der Waals surface area (Å²) in [5.74, 6) is 0.484. The van der Waals surface area contributed by atoms with Crippen molar-refractivity contribution in [1.29, 1.82) is 0 Å². The lowest BCUT2D eigenvalue weighted by Crippen LogP contribution is -2.48. The topological polar surface area (TPSA) is 62.8 Å². The number of anilines is 1. The van der Waals surface area contributed by atoms with Crippen LogP contribution in [0.3, 0.4) is 0 Å². The lowest BCUT2D eigenvalue weighted by molar-refractivity contribution is -0.120. The van der Waals surface area contributed by atoms with Gasteiger partial charge in [0.05, 0.1) is 18.2 Å². The van der Waals surface area contributed by atoms with Crippen LogP contribution in [0.2, 0.25) is 5.02 Å². The Morgan fingerprint density at radius 2 is 2.36 bits per heavy atom. The standard InChI is InChI=1S/C15H22ClN3O3/c1-19(2)6-8-22-14-4-3-11(9-12(14)16)18-15(20)13-10-21-7-5-17-13/h3-4,9,13,17H,5-8,10H2,1-2H3,(H,18,20). The number of carbonyl (C=O) groups is 1. The average Bonchev–Trinajstić information content (AvgIpc) is 2.50. The first-order chi connectivity index (χ1) is 10.6. The summed E-state index contributed by atoms with van der Waals surface area (Å²) in [6.07, 6.45) is 0. The van der Waals surface area contributed by atoms with Crippen molar-refractivity contribution in [3.63, 3.8) is 0 Å². The predicted octanol–water partition coefficient (Wildman–Crippen LogP) is 1.21. The van der Waals surface area contributed by atoms with Crippen molar-refractivity contribution in [3.8, 4) is 5.75 Å². The van der Waals surface area contributed by atoms with Crippen LogP contribution in [-0.4, -0.2) is 63.9 Å². The summed E-state index contributed by atoms with van der Waals surface area (Å²) in [6, 6.07) is 4.90. The summed E-state index contributed by atoms with van der Waals surface area (Å²) in [5, 5.41) is 6.40. The van der Waals surface area contributed by atoms with E-state index in [4.69, 9.17) is 21.1 Å². The van der Waals surface area contributed by atoms with Gasteiger partial charge in [-0.1, -0.05) is 11.6 Å². The molecule has 0 bridgehead atoms. The molecule has 1 aliphatic heterocycles. The van der Waals surface area contributed by atoms with Crippen LogP contribution in [0.5, 0.6) is 5.75 Å². The molecule has 1 atom stereocenters. The van der Waals surface area contributed by atoms with Crippen LogP contribution in [0.4, 0.5) is 5.69 Å². The van der Waals surface area contributed by atoms with Gasteiger partial charge < -0.3 is 25.0 Å². The van der Waals surface area contributed by atoms with Gasteiger partial charge in [0, 0.05) is 18.8 Å². The number of ether oxygens (including phenoxy) is 2. The molecule has 1 heterocycles. The van der Waals surface area contributed by atoms with Gasteiger partial charge in [-0.15, -0.1) is 0 Å². The lowest BCUT2D eigenvalue weighted by Gasteiger charge is -2.23. The Morgan fingerprint density at radius 3 is 3.00 bits per heavy atom. The maximum Gasteiger partial charge on any atom is 0.243 e. The van der Waals surface area contributed by atoms with Gasteiger partial charge in [-0.3, -0.25) is 4.79 Å². The number of benzene rings is 1. The van der Waals surface area contributed by atoms with Crippen molar-refractivity contribution in [3.05, 3.63) is 23.2 Å². The molecule has 1 amide bonds. The van der Waals surface area contributed by atoms with Gasteiger partial charge in [0.15, 0.2) is 0 Å². The maximum absolute atomic E-state index is 12.1. The molecule has 22 heavy (non-hydrogen) atoms. The molecule has 1 aromatic rings. The second-order valence-electron chi connectivity index (χ2n) is 5.37. The summed E-state index contributed by atoms with van der Waals surface area (Å²) in [7, 11) is 3.96. The van der Waals surface area contributed by atoms with E-state index in [2.05, 4.69) is 10.6 Å². The van der Waals surface area contributed by atoms with E-state index in [0.717, 1.165) is 6.54 Å². The van der Waals surface area contributed by atoms with E-state index in [9.17, 15) is 4.79 Å². The second kappa shape index (κ2) is 8.33. The highest BCUT2D eigenvalue weighted by molar-refractivity contribution is 6.32. The molecule has 122 valence electrons. The predicted molar refractivity (Wildman–Crippen MR) is 86.7 cm³/mol. The number of amides is 1. The monoisotopic (exact) mass is 327 g/mol. The maximum atomic E-state index is 12.1. The highest BCUT2D eigenvalue weighted by Crippen LogP contribution is 2.27. The van der Waals surface area contributed by atoms with E-state index < -0.39 is 0 Å². The van der Waals surface area contributed by atoms with Crippen molar-refractivity contribution < 1.29 is 14.3 Å².